The number of aromatic amines is 1. The zero-order valence-electron chi connectivity index (χ0n) is 12.5. The number of rotatable bonds is 4. The molecule has 0 spiro atoms. The van der Waals surface area contributed by atoms with Gasteiger partial charge in [0, 0.05) is 6.17 Å². The summed E-state index contributed by atoms with van der Waals surface area (Å²) >= 11 is 5.17. The van der Waals surface area contributed by atoms with Crippen molar-refractivity contribution in [3.63, 3.8) is 0 Å². The Morgan fingerprint density at radius 2 is 1.57 bits per heavy atom. The van der Waals surface area contributed by atoms with Crippen molar-refractivity contribution in [1.29, 1.82) is 0 Å². The van der Waals surface area contributed by atoms with Crippen LogP contribution in [0.1, 0.15) is 0 Å². The van der Waals surface area contributed by atoms with E-state index < -0.39 is 8.07 Å². The molecular formula is C16H15F2N3SSi. The van der Waals surface area contributed by atoms with E-state index in [0.29, 0.717) is 21.3 Å². The Morgan fingerprint density at radius 1 is 1.04 bits per heavy atom. The topological polar surface area (TPSA) is 33.6 Å². The molecule has 0 fully saturated rings. The Kier molecular flexibility index (Phi) is 4.23. The first kappa shape index (κ1) is 15.8. The van der Waals surface area contributed by atoms with Gasteiger partial charge in [0.15, 0.2) is 0 Å². The molecule has 1 heterocycles. The lowest BCUT2D eigenvalue weighted by Crippen LogP contribution is -2.61. The van der Waals surface area contributed by atoms with Gasteiger partial charge in [-0.15, -0.1) is 0 Å². The summed E-state index contributed by atoms with van der Waals surface area (Å²) in [5.41, 5.74) is 0. The van der Waals surface area contributed by atoms with Crippen LogP contribution in [0.15, 0.2) is 54.9 Å². The lowest BCUT2D eigenvalue weighted by Gasteiger charge is -2.29. The average Bonchev–Trinajstić information content (AvgIpc) is 2.93. The largest absolute Gasteiger partial charge is 0.286 e. The summed E-state index contributed by atoms with van der Waals surface area (Å²) in [5, 5.41) is 4.02. The van der Waals surface area contributed by atoms with E-state index in [2.05, 4.69) is 10.1 Å². The first-order valence-electron chi connectivity index (χ1n) is 7.12. The fraction of sp³-hybridized carbons (Fsp3) is 0.125. The molecule has 118 valence electrons. The smallest absolute Gasteiger partial charge is 0.215 e. The molecule has 0 aliphatic rings. The lowest BCUT2D eigenvalue weighted by atomic mass is 10.3. The quantitative estimate of drug-likeness (QED) is 0.581. The van der Waals surface area contributed by atoms with Gasteiger partial charge in [-0.05, 0) is 34.7 Å². The van der Waals surface area contributed by atoms with Crippen molar-refractivity contribution in [3.8, 4) is 0 Å². The molecule has 23 heavy (non-hydrogen) atoms. The third-order valence-corrected chi connectivity index (χ3v) is 8.49. The Balaban J connectivity index is 2.22. The van der Waals surface area contributed by atoms with Crippen LogP contribution < -0.4 is 10.4 Å². The number of nitrogens with one attached hydrogen (secondary N) is 1. The van der Waals surface area contributed by atoms with Crippen molar-refractivity contribution < 1.29 is 8.78 Å². The van der Waals surface area contributed by atoms with E-state index in [1.54, 1.807) is 41.1 Å². The Labute approximate surface area is 138 Å². The van der Waals surface area contributed by atoms with E-state index in [9.17, 15) is 8.78 Å². The number of nitrogens with zero attached hydrogens (tertiary/aromatic N) is 2. The summed E-state index contributed by atoms with van der Waals surface area (Å²) in [4.78, 5) is 3.99. The molecule has 0 unspecified atom stereocenters. The molecular weight excluding hydrogens is 332 g/mol. The average molecular weight is 347 g/mol. The van der Waals surface area contributed by atoms with Gasteiger partial charge in [0.2, 0.25) is 4.77 Å². The standard InChI is InChI=1S/C16H15F2N3SSi/c1-23(11-21-16(22)19-10-20-21,14-8-4-2-6-12(14)17)15-9-5-3-7-13(15)18/h2-10H,11H2,1H3,(H,19,20,22). The van der Waals surface area contributed by atoms with Crippen LogP contribution in [-0.4, -0.2) is 22.8 Å². The van der Waals surface area contributed by atoms with E-state index in [4.69, 9.17) is 12.2 Å². The number of aromatic nitrogens is 3. The molecule has 2 aromatic carbocycles. The predicted molar refractivity (Wildman–Crippen MR) is 91.1 cm³/mol. The molecule has 1 N–H and O–H groups in total. The minimum atomic E-state index is -2.75. The van der Waals surface area contributed by atoms with Crippen molar-refractivity contribution in [2.24, 2.45) is 0 Å². The van der Waals surface area contributed by atoms with Crippen molar-refractivity contribution in [1.82, 2.24) is 14.8 Å². The van der Waals surface area contributed by atoms with Gasteiger partial charge in [-0.2, -0.15) is 0 Å². The van der Waals surface area contributed by atoms with Gasteiger partial charge < -0.3 is 0 Å². The first-order valence-corrected chi connectivity index (χ1v) is 10.2. The van der Waals surface area contributed by atoms with Crippen LogP contribution in [0.5, 0.6) is 0 Å². The highest BCUT2D eigenvalue weighted by molar-refractivity contribution is 7.71. The van der Waals surface area contributed by atoms with Crippen molar-refractivity contribution in [2.45, 2.75) is 12.7 Å². The molecule has 0 saturated heterocycles. The van der Waals surface area contributed by atoms with Crippen molar-refractivity contribution >= 4 is 30.7 Å². The van der Waals surface area contributed by atoms with Gasteiger partial charge in [0.1, 0.15) is 26.0 Å². The highest BCUT2D eigenvalue weighted by Gasteiger charge is 2.37. The summed E-state index contributed by atoms with van der Waals surface area (Å²) in [5.74, 6) is -0.646. The number of hydrogen-bond acceptors (Lipinski definition) is 2. The van der Waals surface area contributed by atoms with Crippen LogP contribution in [0, 0.1) is 16.4 Å². The van der Waals surface area contributed by atoms with Crippen LogP contribution in [0.3, 0.4) is 0 Å². The van der Waals surface area contributed by atoms with Crippen molar-refractivity contribution in [3.05, 3.63) is 71.3 Å². The zero-order chi connectivity index (χ0) is 16.4. The second-order valence-corrected chi connectivity index (χ2v) is 9.97. The maximum absolute atomic E-state index is 14.5. The minimum Gasteiger partial charge on any atom is -0.286 e. The highest BCUT2D eigenvalue weighted by atomic mass is 32.1. The SMILES string of the molecule is C[Si](Cn1[nH]cnc1=S)(c1ccccc1F)c1ccccc1F. The van der Waals surface area contributed by atoms with Crippen LogP contribution in [-0.2, 0) is 6.17 Å². The van der Waals surface area contributed by atoms with Crippen LogP contribution in [0.25, 0.3) is 0 Å². The summed E-state index contributed by atoms with van der Waals surface area (Å²) in [7, 11) is -2.75. The van der Waals surface area contributed by atoms with E-state index in [1.165, 1.54) is 18.5 Å². The fourth-order valence-corrected chi connectivity index (χ4v) is 6.78. The van der Waals surface area contributed by atoms with Crippen LogP contribution in [0.4, 0.5) is 8.78 Å². The Morgan fingerprint density at radius 3 is 2.00 bits per heavy atom. The molecule has 0 bridgehead atoms. The van der Waals surface area contributed by atoms with Gasteiger partial charge in [0.05, 0.1) is 0 Å². The van der Waals surface area contributed by atoms with Gasteiger partial charge in [0.25, 0.3) is 0 Å². The van der Waals surface area contributed by atoms with E-state index >= 15 is 0 Å². The van der Waals surface area contributed by atoms with Crippen LogP contribution in [0.2, 0.25) is 6.55 Å². The summed E-state index contributed by atoms with van der Waals surface area (Å²) < 4.78 is 31.0. The second-order valence-electron chi connectivity index (χ2n) is 5.55. The van der Waals surface area contributed by atoms with E-state index in [-0.39, 0.29) is 11.6 Å². The number of benzene rings is 2. The summed E-state index contributed by atoms with van der Waals surface area (Å²) in [6.45, 7) is 1.94. The zero-order valence-corrected chi connectivity index (χ0v) is 14.3. The monoisotopic (exact) mass is 347 g/mol. The van der Waals surface area contributed by atoms with Crippen LogP contribution >= 0.6 is 12.2 Å². The molecule has 3 aromatic rings. The molecule has 0 saturated carbocycles. The second kappa shape index (κ2) is 6.17. The summed E-state index contributed by atoms with van der Waals surface area (Å²) in [6.07, 6.45) is 1.87. The van der Waals surface area contributed by atoms with Gasteiger partial charge >= 0.3 is 0 Å². The molecule has 0 amide bonds. The molecule has 0 atom stereocenters. The highest BCUT2D eigenvalue weighted by Crippen LogP contribution is 2.13. The number of H-pyrrole nitrogens is 1. The molecule has 3 rings (SSSR count). The maximum Gasteiger partial charge on any atom is 0.215 e. The molecule has 3 nitrogen and oxygen atoms in total. The van der Waals surface area contributed by atoms with Crippen molar-refractivity contribution in [2.75, 3.05) is 0 Å². The number of halogens is 2. The van der Waals surface area contributed by atoms with E-state index in [1.807, 2.05) is 6.55 Å². The third kappa shape index (κ3) is 2.89. The maximum atomic E-state index is 14.5. The van der Waals surface area contributed by atoms with Gasteiger partial charge in [-0.25, -0.2) is 13.8 Å². The van der Waals surface area contributed by atoms with E-state index in [0.717, 1.165) is 0 Å². The number of hydrogen-bond donors (Lipinski definition) is 1. The Hall–Kier alpha value is -2.12. The lowest BCUT2D eigenvalue weighted by molar-refractivity contribution is 0.629. The molecule has 0 radical (unpaired) electrons. The fourth-order valence-electron chi connectivity index (χ4n) is 2.84. The molecule has 0 aliphatic heterocycles. The molecule has 0 aliphatic carbocycles. The predicted octanol–water partition coefficient (Wildman–Crippen LogP) is 2.65. The minimum absolute atomic E-state index is 0.323. The normalized spacial score (nSPS) is 11.6. The molecule has 7 heteroatoms. The first-order chi connectivity index (χ1) is 11.0. The summed E-state index contributed by atoms with van der Waals surface area (Å²) in [6, 6.07) is 13.1. The van der Waals surface area contributed by atoms with Gasteiger partial charge in [-0.3, -0.25) is 9.78 Å². The van der Waals surface area contributed by atoms with Gasteiger partial charge in [-0.1, -0.05) is 42.9 Å². The Bertz CT molecular complexity index is 845. The third-order valence-electron chi connectivity index (χ3n) is 4.03. The molecule has 1 aromatic heterocycles.